The molecule has 4 nitrogen and oxygen atoms in total. The Morgan fingerprint density at radius 1 is 1.45 bits per heavy atom. The smallest absolute Gasteiger partial charge is 0.255 e. The maximum atomic E-state index is 12.6. The fourth-order valence-electron chi connectivity index (χ4n) is 3.08. The fourth-order valence-corrected chi connectivity index (χ4v) is 3.75. The van der Waals surface area contributed by atoms with Crippen LogP contribution in [0.2, 0.25) is 0 Å². The third kappa shape index (κ3) is 3.82. The second kappa shape index (κ2) is 7.97. The molecule has 1 heterocycles. The number of nitrogens with zero attached hydrogens (tertiary/aromatic N) is 1. The van der Waals surface area contributed by atoms with Crippen LogP contribution in [0, 0.1) is 0 Å². The van der Waals surface area contributed by atoms with Gasteiger partial charge < -0.3 is 10.1 Å². The Morgan fingerprint density at radius 3 is 2.86 bits per heavy atom. The van der Waals surface area contributed by atoms with Gasteiger partial charge in [0.15, 0.2) is 0 Å². The van der Waals surface area contributed by atoms with Gasteiger partial charge in [-0.05, 0) is 66.0 Å². The standard InChI is InChI=1S/C17H25BrN2O2/c1-4-12-9-14(16(22-3)15(18)10-12)17(21)19-11-13-7-6-8-20(13)5-2/h9-10,13H,4-8,11H2,1-3H3,(H,19,21). The van der Waals surface area contributed by atoms with E-state index < -0.39 is 0 Å². The van der Waals surface area contributed by atoms with Crippen LogP contribution in [0.5, 0.6) is 5.75 Å². The Morgan fingerprint density at radius 2 is 2.23 bits per heavy atom. The predicted molar refractivity (Wildman–Crippen MR) is 92.7 cm³/mol. The summed E-state index contributed by atoms with van der Waals surface area (Å²) in [4.78, 5) is 15.0. The quantitative estimate of drug-likeness (QED) is 0.837. The van der Waals surface area contributed by atoms with Gasteiger partial charge in [-0.1, -0.05) is 13.8 Å². The molecule has 1 aromatic carbocycles. The highest BCUT2D eigenvalue weighted by Crippen LogP contribution is 2.31. The molecule has 5 heteroatoms. The van der Waals surface area contributed by atoms with E-state index in [0.29, 0.717) is 23.9 Å². The summed E-state index contributed by atoms with van der Waals surface area (Å²) in [6.07, 6.45) is 3.26. The number of likely N-dealkylation sites (tertiary alicyclic amines) is 1. The van der Waals surface area contributed by atoms with Crippen LogP contribution in [0.4, 0.5) is 0 Å². The van der Waals surface area contributed by atoms with E-state index in [1.165, 1.54) is 6.42 Å². The van der Waals surface area contributed by atoms with E-state index >= 15 is 0 Å². The lowest BCUT2D eigenvalue weighted by Gasteiger charge is -2.23. The molecule has 0 aromatic heterocycles. The molecule has 0 spiro atoms. The number of likely N-dealkylation sites (N-methyl/N-ethyl adjacent to an activating group) is 1. The molecule has 1 aliphatic rings. The Hall–Kier alpha value is -1.07. The lowest BCUT2D eigenvalue weighted by molar-refractivity contribution is 0.0938. The summed E-state index contributed by atoms with van der Waals surface area (Å²) < 4.78 is 6.22. The Labute approximate surface area is 141 Å². The molecule has 1 aliphatic heterocycles. The summed E-state index contributed by atoms with van der Waals surface area (Å²) in [5, 5.41) is 3.08. The number of carbonyl (C=O) groups excluding carboxylic acids is 1. The number of aryl methyl sites for hydroxylation is 1. The van der Waals surface area contributed by atoms with E-state index in [9.17, 15) is 4.79 Å². The van der Waals surface area contributed by atoms with Crippen molar-refractivity contribution in [2.45, 2.75) is 39.2 Å². The minimum Gasteiger partial charge on any atom is -0.495 e. The third-order valence-electron chi connectivity index (χ3n) is 4.36. The third-order valence-corrected chi connectivity index (χ3v) is 4.95. The number of methoxy groups -OCH3 is 1. The molecule has 1 unspecified atom stereocenters. The van der Waals surface area contributed by atoms with Crippen LogP contribution < -0.4 is 10.1 Å². The number of hydrogen-bond donors (Lipinski definition) is 1. The van der Waals surface area contributed by atoms with E-state index in [4.69, 9.17) is 4.74 Å². The number of ether oxygens (including phenoxy) is 1. The van der Waals surface area contributed by atoms with Crippen LogP contribution in [-0.4, -0.2) is 43.6 Å². The zero-order valence-corrected chi connectivity index (χ0v) is 15.2. The topological polar surface area (TPSA) is 41.6 Å². The van der Waals surface area contributed by atoms with E-state index in [1.54, 1.807) is 7.11 Å². The van der Waals surface area contributed by atoms with Crippen molar-refractivity contribution in [3.8, 4) is 5.75 Å². The van der Waals surface area contributed by atoms with Crippen molar-refractivity contribution >= 4 is 21.8 Å². The molecule has 122 valence electrons. The second-order valence-electron chi connectivity index (χ2n) is 5.65. The lowest BCUT2D eigenvalue weighted by atomic mass is 10.1. The molecule has 0 radical (unpaired) electrons. The molecule has 1 amide bonds. The van der Waals surface area contributed by atoms with Crippen molar-refractivity contribution in [2.24, 2.45) is 0 Å². The number of amides is 1. The Kier molecular flexibility index (Phi) is 6.26. The highest BCUT2D eigenvalue weighted by Gasteiger charge is 2.24. The average Bonchev–Trinajstić information content (AvgIpc) is 2.99. The van der Waals surface area contributed by atoms with Crippen molar-refractivity contribution in [2.75, 3.05) is 26.7 Å². The van der Waals surface area contributed by atoms with Crippen molar-refractivity contribution < 1.29 is 9.53 Å². The molecule has 22 heavy (non-hydrogen) atoms. The van der Waals surface area contributed by atoms with E-state index in [-0.39, 0.29) is 5.91 Å². The SMILES string of the molecule is CCc1cc(Br)c(OC)c(C(=O)NCC2CCCN2CC)c1. The fraction of sp³-hybridized carbons (Fsp3) is 0.588. The summed E-state index contributed by atoms with van der Waals surface area (Å²) in [7, 11) is 1.60. The van der Waals surface area contributed by atoms with Gasteiger partial charge in [0.1, 0.15) is 5.75 Å². The Balaban J connectivity index is 2.10. The van der Waals surface area contributed by atoms with Gasteiger partial charge in [0, 0.05) is 12.6 Å². The predicted octanol–water partition coefficient (Wildman–Crippen LogP) is 3.23. The van der Waals surface area contributed by atoms with Crippen LogP contribution in [-0.2, 0) is 6.42 Å². The number of nitrogens with one attached hydrogen (secondary N) is 1. The summed E-state index contributed by atoms with van der Waals surface area (Å²) >= 11 is 3.49. The van der Waals surface area contributed by atoms with Crippen molar-refractivity contribution in [3.63, 3.8) is 0 Å². The van der Waals surface area contributed by atoms with Crippen LogP contribution in [0.25, 0.3) is 0 Å². The maximum absolute atomic E-state index is 12.6. The molecular weight excluding hydrogens is 344 g/mol. The molecule has 2 rings (SSSR count). The Bertz CT molecular complexity index is 534. The lowest BCUT2D eigenvalue weighted by Crippen LogP contribution is -2.40. The van der Waals surface area contributed by atoms with Crippen LogP contribution >= 0.6 is 15.9 Å². The van der Waals surface area contributed by atoms with Gasteiger partial charge in [-0.15, -0.1) is 0 Å². The molecule has 0 aliphatic carbocycles. The summed E-state index contributed by atoms with van der Waals surface area (Å²) in [5.41, 5.74) is 1.73. The first-order valence-corrected chi connectivity index (χ1v) is 8.78. The van der Waals surface area contributed by atoms with E-state index in [1.807, 2.05) is 12.1 Å². The van der Waals surface area contributed by atoms with Crippen LogP contribution in [0.3, 0.4) is 0 Å². The largest absolute Gasteiger partial charge is 0.495 e. The molecule has 1 atom stereocenters. The van der Waals surface area contributed by atoms with Crippen LogP contribution in [0.15, 0.2) is 16.6 Å². The normalized spacial score (nSPS) is 18.5. The van der Waals surface area contributed by atoms with Gasteiger partial charge >= 0.3 is 0 Å². The van der Waals surface area contributed by atoms with Crippen molar-refractivity contribution in [1.29, 1.82) is 0 Å². The molecule has 1 fully saturated rings. The van der Waals surface area contributed by atoms with E-state index in [2.05, 4.69) is 40.0 Å². The number of halogens is 1. The minimum absolute atomic E-state index is 0.0594. The van der Waals surface area contributed by atoms with Gasteiger partial charge in [-0.2, -0.15) is 0 Å². The molecular formula is C17H25BrN2O2. The summed E-state index contributed by atoms with van der Waals surface area (Å²) in [6.45, 7) is 7.13. The first kappa shape index (κ1) is 17.3. The van der Waals surface area contributed by atoms with Crippen LogP contribution in [0.1, 0.15) is 42.6 Å². The summed E-state index contributed by atoms with van der Waals surface area (Å²) in [5.74, 6) is 0.546. The van der Waals surface area contributed by atoms with Gasteiger partial charge in [0.05, 0.1) is 17.1 Å². The van der Waals surface area contributed by atoms with Gasteiger partial charge in [0.2, 0.25) is 0 Å². The molecule has 0 bridgehead atoms. The highest BCUT2D eigenvalue weighted by molar-refractivity contribution is 9.10. The number of benzene rings is 1. The highest BCUT2D eigenvalue weighted by atomic mass is 79.9. The number of hydrogen-bond acceptors (Lipinski definition) is 3. The van der Waals surface area contributed by atoms with E-state index in [0.717, 1.165) is 36.0 Å². The monoisotopic (exact) mass is 368 g/mol. The van der Waals surface area contributed by atoms with Gasteiger partial charge in [-0.3, -0.25) is 9.69 Å². The molecule has 1 aromatic rings. The zero-order valence-electron chi connectivity index (χ0n) is 13.6. The number of rotatable bonds is 6. The second-order valence-corrected chi connectivity index (χ2v) is 6.50. The zero-order chi connectivity index (χ0) is 16.1. The first-order chi connectivity index (χ1) is 10.6. The summed E-state index contributed by atoms with van der Waals surface area (Å²) in [6, 6.07) is 4.38. The van der Waals surface area contributed by atoms with Crippen molar-refractivity contribution in [1.82, 2.24) is 10.2 Å². The van der Waals surface area contributed by atoms with Crippen molar-refractivity contribution in [3.05, 3.63) is 27.7 Å². The van der Waals surface area contributed by atoms with Gasteiger partial charge in [0.25, 0.3) is 5.91 Å². The minimum atomic E-state index is -0.0594. The van der Waals surface area contributed by atoms with Gasteiger partial charge in [-0.25, -0.2) is 0 Å². The molecule has 0 saturated carbocycles. The molecule has 1 saturated heterocycles. The maximum Gasteiger partial charge on any atom is 0.255 e. The first-order valence-electron chi connectivity index (χ1n) is 7.99. The number of carbonyl (C=O) groups is 1. The molecule has 1 N–H and O–H groups in total. The average molecular weight is 369 g/mol.